The monoisotopic (exact) mass is 407 g/mol. The number of anilines is 1. The molecule has 0 heterocycles. The van der Waals surface area contributed by atoms with Crippen LogP contribution in [-0.2, 0) is 0 Å². The summed E-state index contributed by atoms with van der Waals surface area (Å²) in [5.74, 6) is 1.28. The zero-order valence-electron chi connectivity index (χ0n) is 13.6. The van der Waals surface area contributed by atoms with Crippen LogP contribution >= 0.6 is 28.1 Å². The largest absolute Gasteiger partial charge is 0.493 e. The summed E-state index contributed by atoms with van der Waals surface area (Å²) in [6.45, 7) is 1.91. The molecule has 7 heteroatoms. The zero-order valence-corrected chi connectivity index (χ0v) is 16.0. The number of hydrogen-bond acceptors (Lipinski definition) is 4. The highest BCUT2D eigenvalue weighted by atomic mass is 79.9. The van der Waals surface area contributed by atoms with Gasteiger partial charge in [-0.15, -0.1) is 0 Å². The summed E-state index contributed by atoms with van der Waals surface area (Å²) in [5.41, 5.74) is 5.43. The molecule has 0 radical (unpaired) electrons. The van der Waals surface area contributed by atoms with Crippen LogP contribution in [0.3, 0.4) is 0 Å². The van der Waals surface area contributed by atoms with Crippen molar-refractivity contribution in [2.75, 3.05) is 19.5 Å². The number of nitrogens with one attached hydrogen (secondary N) is 2. The summed E-state index contributed by atoms with van der Waals surface area (Å²) in [4.78, 5) is 0. The molecule has 2 aromatic rings. The van der Waals surface area contributed by atoms with E-state index in [-0.39, 0.29) is 0 Å². The highest BCUT2D eigenvalue weighted by Crippen LogP contribution is 2.29. The molecule has 0 saturated heterocycles. The van der Waals surface area contributed by atoms with E-state index in [9.17, 15) is 0 Å². The van der Waals surface area contributed by atoms with E-state index < -0.39 is 0 Å². The minimum Gasteiger partial charge on any atom is -0.493 e. The summed E-state index contributed by atoms with van der Waals surface area (Å²) in [6.07, 6.45) is 0. The standard InChI is InChI=1S/C17H18BrN3O2S/c1-11(13-6-4-5-7-14(13)18)20-21-17(24)19-12-8-9-15(22-2)16(10-12)23-3/h4-10H,1-3H3,(H2,19,21,24)/b20-11-. The molecule has 0 bridgehead atoms. The third kappa shape index (κ3) is 4.69. The van der Waals surface area contributed by atoms with Gasteiger partial charge in [0.25, 0.3) is 0 Å². The molecule has 0 saturated carbocycles. The maximum Gasteiger partial charge on any atom is 0.191 e. The molecule has 2 aromatic carbocycles. The fourth-order valence-electron chi connectivity index (χ4n) is 2.02. The van der Waals surface area contributed by atoms with Gasteiger partial charge in [0.2, 0.25) is 0 Å². The van der Waals surface area contributed by atoms with Gasteiger partial charge in [-0.3, -0.25) is 5.43 Å². The Labute approximate surface area is 155 Å². The fraction of sp³-hybridized carbons (Fsp3) is 0.176. The predicted octanol–water partition coefficient (Wildman–Crippen LogP) is 4.18. The summed E-state index contributed by atoms with van der Waals surface area (Å²) in [6, 6.07) is 13.3. The first-order valence-electron chi connectivity index (χ1n) is 7.13. The molecular weight excluding hydrogens is 390 g/mol. The average Bonchev–Trinajstić information content (AvgIpc) is 2.60. The number of rotatable bonds is 5. The van der Waals surface area contributed by atoms with Crippen LogP contribution in [0.4, 0.5) is 5.69 Å². The molecule has 2 N–H and O–H groups in total. The lowest BCUT2D eigenvalue weighted by Crippen LogP contribution is -2.25. The summed E-state index contributed by atoms with van der Waals surface area (Å²) in [7, 11) is 3.18. The fourth-order valence-corrected chi connectivity index (χ4v) is 2.76. The Kier molecular flexibility index (Phi) is 6.57. The Morgan fingerprint density at radius 1 is 1.08 bits per heavy atom. The number of nitrogens with zero attached hydrogens (tertiary/aromatic N) is 1. The van der Waals surface area contributed by atoms with Crippen molar-refractivity contribution in [1.29, 1.82) is 0 Å². The van der Waals surface area contributed by atoms with Crippen LogP contribution in [0.25, 0.3) is 0 Å². The third-order valence-electron chi connectivity index (χ3n) is 3.23. The first kappa shape index (κ1) is 18.2. The van der Waals surface area contributed by atoms with Crippen molar-refractivity contribution >= 4 is 44.7 Å². The molecule has 0 atom stereocenters. The third-order valence-corrected chi connectivity index (χ3v) is 4.12. The topological polar surface area (TPSA) is 54.9 Å². The second-order valence-corrected chi connectivity index (χ2v) is 6.08. The van der Waals surface area contributed by atoms with E-state index in [0.29, 0.717) is 16.6 Å². The second kappa shape index (κ2) is 8.65. The molecule has 0 unspecified atom stereocenters. The number of methoxy groups -OCH3 is 2. The molecule has 0 aromatic heterocycles. The van der Waals surface area contributed by atoms with E-state index >= 15 is 0 Å². The first-order valence-corrected chi connectivity index (χ1v) is 8.33. The van der Waals surface area contributed by atoms with Gasteiger partial charge in [0.05, 0.1) is 19.9 Å². The SMILES string of the molecule is COc1ccc(NC(=S)N/N=C(/C)c2ccccc2Br)cc1OC. The lowest BCUT2D eigenvalue weighted by molar-refractivity contribution is 0.355. The lowest BCUT2D eigenvalue weighted by Gasteiger charge is -2.12. The van der Waals surface area contributed by atoms with Crippen LogP contribution in [-0.4, -0.2) is 25.0 Å². The number of benzene rings is 2. The molecule has 0 spiro atoms. The molecule has 5 nitrogen and oxygen atoms in total. The maximum absolute atomic E-state index is 5.27. The van der Waals surface area contributed by atoms with Gasteiger partial charge in [0, 0.05) is 21.8 Å². The molecule has 126 valence electrons. The molecular formula is C17H18BrN3O2S. The number of hydrogen-bond donors (Lipinski definition) is 2. The van der Waals surface area contributed by atoms with E-state index in [1.54, 1.807) is 26.4 Å². The minimum absolute atomic E-state index is 0.383. The molecule has 0 aliphatic heterocycles. The van der Waals surface area contributed by atoms with Crippen LogP contribution < -0.4 is 20.2 Å². The number of ether oxygens (including phenoxy) is 2. The molecule has 24 heavy (non-hydrogen) atoms. The van der Waals surface area contributed by atoms with Gasteiger partial charge in [-0.05, 0) is 37.3 Å². The molecule has 0 amide bonds. The number of halogens is 1. The Balaban J connectivity index is 2.03. The van der Waals surface area contributed by atoms with Crippen LogP contribution in [0.2, 0.25) is 0 Å². The van der Waals surface area contributed by atoms with Crippen LogP contribution in [0, 0.1) is 0 Å². The van der Waals surface area contributed by atoms with Crippen molar-refractivity contribution in [2.24, 2.45) is 5.10 Å². The number of hydrazone groups is 1. The normalized spacial score (nSPS) is 10.9. The van der Waals surface area contributed by atoms with Gasteiger partial charge in [0.1, 0.15) is 0 Å². The van der Waals surface area contributed by atoms with E-state index in [1.807, 2.05) is 37.3 Å². The quantitative estimate of drug-likeness (QED) is 0.442. The van der Waals surface area contributed by atoms with Crippen molar-refractivity contribution < 1.29 is 9.47 Å². The molecule has 2 rings (SSSR count). The van der Waals surface area contributed by atoms with E-state index in [4.69, 9.17) is 21.7 Å². The Morgan fingerprint density at radius 3 is 2.46 bits per heavy atom. The zero-order chi connectivity index (χ0) is 17.5. The Hall–Kier alpha value is -2.12. The van der Waals surface area contributed by atoms with E-state index in [2.05, 4.69) is 31.8 Å². The van der Waals surface area contributed by atoms with Gasteiger partial charge in [-0.2, -0.15) is 5.10 Å². The predicted molar refractivity (Wildman–Crippen MR) is 105 cm³/mol. The minimum atomic E-state index is 0.383. The van der Waals surface area contributed by atoms with Crippen LogP contribution in [0.5, 0.6) is 11.5 Å². The molecule has 0 fully saturated rings. The Morgan fingerprint density at radius 2 is 1.79 bits per heavy atom. The van der Waals surface area contributed by atoms with Crippen LogP contribution in [0.15, 0.2) is 52.0 Å². The van der Waals surface area contributed by atoms with Gasteiger partial charge < -0.3 is 14.8 Å². The van der Waals surface area contributed by atoms with Crippen molar-refractivity contribution in [1.82, 2.24) is 5.43 Å². The molecule has 0 aliphatic rings. The van der Waals surface area contributed by atoms with Gasteiger partial charge in [-0.25, -0.2) is 0 Å². The van der Waals surface area contributed by atoms with Crippen LogP contribution in [0.1, 0.15) is 12.5 Å². The van der Waals surface area contributed by atoms with Crippen molar-refractivity contribution in [3.63, 3.8) is 0 Å². The van der Waals surface area contributed by atoms with Crippen molar-refractivity contribution in [2.45, 2.75) is 6.92 Å². The smallest absolute Gasteiger partial charge is 0.191 e. The summed E-state index contributed by atoms with van der Waals surface area (Å²) >= 11 is 8.77. The first-order chi connectivity index (χ1) is 11.5. The van der Waals surface area contributed by atoms with E-state index in [0.717, 1.165) is 21.4 Å². The lowest BCUT2D eigenvalue weighted by atomic mass is 10.1. The summed E-state index contributed by atoms with van der Waals surface area (Å²) < 4.78 is 11.5. The average molecular weight is 408 g/mol. The highest BCUT2D eigenvalue weighted by molar-refractivity contribution is 9.10. The van der Waals surface area contributed by atoms with Gasteiger partial charge in [0.15, 0.2) is 16.6 Å². The van der Waals surface area contributed by atoms with Gasteiger partial charge in [-0.1, -0.05) is 34.1 Å². The summed E-state index contributed by atoms with van der Waals surface area (Å²) in [5, 5.41) is 7.74. The van der Waals surface area contributed by atoms with Crippen molar-refractivity contribution in [3.05, 3.63) is 52.5 Å². The number of thiocarbonyl (C=S) groups is 1. The van der Waals surface area contributed by atoms with Gasteiger partial charge >= 0.3 is 0 Å². The highest BCUT2D eigenvalue weighted by Gasteiger charge is 2.06. The van der Waals surface area contributed by atoms with Crippen molar-refractivity contribution in [3.8, 4) is 11.5 Å². The Bertz CT molecular complexity index is 765. The van der Waals surface area contributed by atoms with E-state index in [1.165, 1.54) is 0 Å². The second-order valence-electron chi connectivity index (χ2n) is 4.81. The maximum atomic E-state index is 5.27. The molecule has 0 aliphatic carbocycles.